The summed E-state index contributed by atoms with van der Waals surface area (Å²) >= 11 is 0. The first kappa shape index (κ1) is 11.4. The summed E-state index contributed by atoms with van der Waals surface area (Å²) in [4.78, 5) is 11.3. The zero-order valence-electron chi connectivity index (χ0n) is 9.41. The molecular weight excluding hydrogens is 212 g/mol. The molecule has 1 N–H and O–H groups in total. The molecule has 0 heterocycles. The van der Waals surface area contributed by atoms with E-state index < -0.39 is 11.9 Å². The summed E-state index contributed by atoms with van der Waals surface area (Å²) in [5.41, 5.74) is 1.90. The lowest BCUT2D eigenvalue weighted by Crippen LogP contribution is -2.14. The zero-order valence-corrected chi connectivity index (χ0v) is 9.41. The van der Waals surface area contributed by atoms with Gasteiger partial charge in [-0.05, 0) is 17.5 Å². The number of benzene rings is 2. The largest absolute Gasteiger partial charge is 0.481 e. The maximum atomic E-state index is 11.3. The van der Waals surface area contributed by atoms with E-state index in [1.807, 2.05) is 60.7 Å². The van der Waals surface area contributed by atoms with Crippen molar-refractivity contribution in [2.75, 3.05) is 0 Å². The van der Waals surface area contributed by atoms with E-state index >= 15 is 0 Å². The second-order valence-electron chi connectivity index (χ2n) is 3.99. The van der Waals surface area contributed by atoms with Crippen molar-refractivity contribution < 1.29 is 9.90 Å². The van der Waals surface area contributed by atoms with Gasteiger partial charge in [-0.2, -0.15) is 0 Å². The summed E-state index contributed by atoms with van der Waals surface area (Å²) in [5.74, 6) is -1.25. The molecule has 2 aromatic rings. The SMILES string of the molecule is O=C(O)[C@H](Cc1ccccc1)c1ccccc1. The molecule has 0 aliphatic carbocycles. The molecule has 0 unspecified atom stereocenters. The summed E-state index contributed by atoms with van der Waals surface area (Å²) in [7, 11) is 0. The van der Waals surface area contributed by atoms with Crippen molar-refractivity contribution in [1.82, 2.24) is 0 Å². The van der Waals surface area contributed by atoms with Crippen LogP contribution in [-0.4, -0.2) is 11.1 Å². The Bertz CT molecular complexity index is 477. The molecule has 2 nitrogen and oxygen atoms in total. The highest BCUT2D eigenvalue weighted by Gasteiger charge is 2.19. The van der Waals surface area contributed by atoms with Gasteiger partial charge < -0.3 is 5.11 Å². The maximum absolute atomic E-state index is 11.3. The fourth-order valence-electron chi connectivity index (χ4n) is 1.88. The Morgan fingerprint density at radius 3 is 2.00 bits per heavy atom. The van der Waals surface area contributed by atoms with Crippen LogP contribution in [0.5, 0.6) is 0 Å². The third kappa shape index (κ3) is 2.94. The van der Waals surface area contributed by atoms with Crippen LogP contribution in [0.2, 0.25) is 0 Å². The van der Waals surface area contributed by atoms with Crippen molar-refractivity contribution in [1.29, 1.82) is 0 Å². The monoisotopic (exact) mass is 226 g/mol. The third-order valence-corrected chi connectivity index (χ3v) is 2.78. The predicted molar refractivity (Wildman–Crippen MR) is 67.0 cm³/mol. The van der Waals surface area contributed by atoms with Gasteiger partial charge >= 0.3 is 5.97 Å². The Morgan fingerprint density at radius 2 is 1.47 bits per heavy atom. The van der Waals surface area contributed by atoms with Crippen LogP contribution in [0.3, 0.4) is 0 Å². The Labute approximate surface area is 101 Å². The molecule has 2 aromatic carbocycles. The predicted octanol–water partition coefficient (Wildman–Crippen LogP) is 3.10. The average Bonchev–Trinajstić information content (AvgIpc) is 2.38. The molecule has 0 radical (unpaired) electrons. The van der Waals surface area contributed by atoms with Crippen molar-refractivity contribution >= 4 is 5.97 Å². The molecular formula is C15H14O2. The van der Waals surface area contributed by atoms with Crippen LogP contribution in [0.25, 0.3) is 0 Å². The first-order valence-corrected chi connectivity index (χ1v) is 5.59. The molecule has 86 valence electrons. The maximum Gasteiger partial charge on any atom is 0.311 e. The van der Waals surface area contributed by atoms with Crippen LogP contribution in [0, 0.1) is 0 Å². The molecule has 0 aliphatic heterocycles. The Morgan fingerprint density at radius 1 is 0.941 bits per heavy atom. The van der Waals surface area contributed by atoms with E-state index in [9.17, 15) is 9.90 Å². The second-order valence-corrected chi connectivity index (χ2v) is 3.99. The van der Waals surface area contributed by atoms with E-state index in [2.05, 4.69) is 0 Å². The topological polar surface area (TPSA) is 37.3 Å². The normalized spacial score (nSPS) is 12.0. The number of hydrogen-bond acceptors (Lipinski definition) is 1. The van der Waals surface area contributed by atoms with E-state index in [1.165, 1.54) is 0 Å². The quantitative estimate of drug-likeness (QED) is 0.869. The summed E-state index contributed by atoms with van der Waals surface area (Å²) < 4.78 is 0. The number of carbonyl (C=O) groups is 1. The molecule has 0 saturated carbocycles. The van der Waals surface area contributed by atoms with E-state index in [4.69, 9.17) is 0 Å². The smallest absolute Gasteiger partial charge is 0.311 e. The fourth-order valence-corrected chi connectivity index (χ4v) is 1.88. The van der Waals surface area contributed by atoms with Crippen LogP contribution in [0.15, 0.2) is 60.7 Å². The Kier molecular flexibility index (Phi) is 3.55. The van der Waals surface area contributed by atoms with Crippen LogP contribution >= 0.6 is 0 Å². The highest BCUT2D eigenvalue weighted by Crippen LogP contribution is 2.20. The van der Waals surface area contributed by atoms with Gasteiger partial charge in [-0.1, -0.05) is 60.7 Å². The van der Waals surface area contributed by atoms with E-state index in [-0.39, 0.29) is 0 Å². The van der Waals surface area contributed by atoms with Crippen LogP contribution in [0.1, 0.15) is 17.0 Å². The van der Waals surface area contributed by atoms with Crippen LogP contribution in [0.4, 0.5) is 0 Å². The second kappa shape index (κ2) is 5.30. The third-order valence-electron chi connectivity index (χ3n) is 2.78. The Hall–Kier alpha value is -2.09. The highest BCUT2D eigenvalue weighted by molar-refractivity contribution is 5.76. The first-order valence-electron chi connectivity index (χ1n) is 5.59. The minimum Gasteiger partial charge on any atom is -0.481 e. The van der Waals surface area contributed by atoms with Gasteiger partial charge in [-0.3, -0.25) is 4.79 Å². The van der Waals surface area contributed by atoms with Crippen LogP contribution in [-0.2, 0) is 11.2 Å². The van der Waals surface area contributed by atoms with Gasteiger partial charge in [0.15, 0.2) is 0 Å². The summed E-state index contributed by atoms with van der Waals surface area (Å²) in [6.07, 6.45) is 0.528. The van der Waals surface area contributed by atoms with Gasteiger partial charge in [0, 0.05) is 0 Å². The summed E-state index contributed by atoms with van der Waals surface area (Å²) in [6.45, 7) is 0. The Balaban J connectivity index is 2.23. The van der Waals surface area contributed by atoms with Crippen molar-refractivity contribution in [2.24, 2.45) is 0 Å². The number of carboxylic acids is 1. The standard InChI is InChI=1S/C15H14O2/c16-15(17)14(13-9-5-2-6-10-13)11-12-7-3-1-4-8-12/h1-10,14H,11H2,(H,16,17)/t14-/m1/s1. The fraction of sp³-hybridized carbons (Fsp3) is 0.133. The number of carboxylic acid groups (broad SMARTS) is 1. The molecule has 0 bridgehead atoms. The molecule has 0 amide bonds. The zero-order chi connectivity index (χ0) is 12.1. The molecule has 0 fully saturated rings. The lowest BCUT2D eigenvalue weighted by molar-refractivity contribution is -0.138. The molecule has 17 heavy (non-hydrogen) atoms. The molecule has 0 aromatic heterocycles. The van der Waals surface area contributed by atoms with Gasteiger partial charge in [-0.25, -0.2) is 0 Å². The number of aliphatic carboxylic acids is 1. The van der Waals surface area contributed by atoms with Crippen molar-refractivity contribution in [3.8, 4) is 0 Å². The van der Waals surface area contributed by atoms with Crippen molar-refractivity contribution in [3.05, 3.63) is 71.8 Å². The molecule has 0 saturated heterocycles. The van der Waals surface area contributed by atoms with E-state index in [1.54, 1.807) is 0 Å². The molecule has 2 heteroatoms. The van der Waals surface area contributed by atoms with Crippen LogP contribution < -0.4 is 0 Å². The average molecular weight is 226 g/mol. The van der Waals surface area contributed by atoms with Crippen molar-refractivity contribution in [3.63, 3.8) is 0 Å². The minimum absolute atomic E-state index is 0.474. The number of hydrogen-bond donors (Lipinski definition) is 1. The number of rotatable bonds is 4. The van der Waals surface area contributed by atoms with Gasteiger partial charge in [0.25, 0.3) is 0 Å². The van der Waals surface area contributed by atoms with E-state index in [0.29, 0.717) is 6.42 Å². The molecule has 0 spiro atoms. The molecule has 2 rings (SSSR count). The lowest BCUT2D eigenvalue weighted by atomic mass is 9.92. The molecule has 1 atom stereocenters. The summed E-state index contributed by atoms with van der Waals surface area (Å²) in [6, 6.07) is 19.1. The van der Waals surface area contributed by atoms with Gasteiger partial charge in [0.2, 0.25) is 0 Å². The highest BCUT2D eigenvalue weighted by atomic mass is 16.4. The molecule has 0 aliphatic rings. The minimum atomic E-state index is -0.778. The van der Waals surface area contributed by atoms with E-state index in [0.717, 1.165) is 11.1 Å². The van der Waals surface area contributed by atoms with Gasteiger partial charge in [0.05, 0.1) is 5.92 Å². The van der Waals surface area contributed by atoms with Crippen molar-refractivity contribution in [2.45, 2.75) is 12.3 Å². The van der Waals surface area contributed by atoms with Gasteiger partial charge in [-0.15, -0.1) is 0 Å². The first-order chi connectivity index (χ1) is 8.27. The lowest BCUT2D eigenvalue weighted by Gasteiger charge is -2.12. The summed E-state index contributed by atoms with van der Waals surface area (Å²) in [5, 5.41) is 9.29. The van der Waals surface area contributed by atoms with Gasteiger partial charge in [0.1, 0.15) is 0 Å².